The Balaban J connectivity index is 2.95. The monoisotopic (exact) mass is 274 g/mol. The second-order valence-electron chi connectivity index (χ2n) is 4.25. The van der Waals surface area contributed by atoms with Crippen molar-refractivity contribution >= 4 is 0 Å². The minimum absolute atomic E-state index is 0.382. The minimum atomic E-state index is -0.382. The maximum atomic E-state index is 9.22. The Morgan fingerprint density at radius 3 is 2.75 bits per heavy atom. The molecule has 0 saturated carbocycles. The summed E-state index contributed by atoms with van der Waals surface area (Å²) in [6.07, 6.45) is 2.67. The highest BCUT2D eigenvalue weighted by atomic mass is 16.5. The summed E-state index contributed by atoms with van der Waals surface area (Å²) >= 11 is 0. The van der Waals surface area contributed by atoms with Crippen molar-refractivity contribution < 1.29 is 9.47 Å². The van der Waals surface area contributed by atoms with Gasteiger partial charge < -0.3 is 9.47 Å². The van der Waals surface area contributed by atoms with Crippen molar-refractivity contribution in [1.29, 1.82) is 5.26 Å². The molecule has 1 aromatic rings. The Morgan fingerprint density at radius 2 is 2.15 bits per heavy atom. The zero-order valence-electron chi connectivity index (χ0n) is 12.2. The van der Waals surface area contributed by atoms with Crippen LogP contribution in [-0.4, -0.2) is 19.8 Å². The molecular weight excluding hydrogens is 252 g/mol. The third-order valence-corrected chi connectivity index (χ3v) is 2.66. The summed E-state index contributed by atoms with van der Waals surface area (Å²) in [4.78, 5) is 0. The van der Waals surface area contributed by atoms with Gasteiger partial charge in [0.15, 0.2) is 11.5 Å². The van der Waals surface area contributed by atoms with Crippen LogP contribution in [0, 0.1) is 11.3 Å². The van der Waals surface area contributed by atoms with E-state index >= 15 is 0 Å². The van der Waals surface area contributed by atoms with Gasteiger partial charge in [0.25, 0.3) is 0 Å². The predicted molar refractivity (Wildman–Crippen MR) is 80.0 cm³/mol. The van der Waals surface area contributed by atoms with Gasteiger partial charge in [-0.3, -0.25) is 5.32 Å². The predicted octanol–water partition coefficient (Wildman–Crippen LogP) is 3.21. The van der Waals surface area contributed by atoms with Gasteiger partial charge >= 0.3 is 0 Å². The largest absolute Gasteiger partial charge is 0.490 e. The summed E-state index contributed by atoms with van der Waals surface area (Å²) in [7, 11) is 0. The highest BCUT2D eigenvalue weighted by Gasteiger charge is 2.13. The van der Waals surface area contributed by atoms with E-state index in [0.29, 0.717) is 25.5 Å². The molecule has 4 nitrogen and oxygen atoms in total. The molecule has 1 rings (SSSR count). The fourth-order valence-electron chi connectivity index (χ4n) is 1.74. The summed E-state index contributed by atoms with van der Waals surface area (Å²) in [5.74, 6) is 1.40. The second kappa shape index (κ2) is 9.00. The van der Waals surface area contributed by atoms with Crippen molar-refractivity contribution in [2.45, 2.75) is 26.3 Å². The summed E-state index contributed by atoms with van der Waals surface area (Å²) in [6, 6.07) is 7.45. The van der Waals surface area contributed by atoms with Gasteiger partial charge in [-0.2, -0.15) is 5.26 Å². The number of nitriles is 1. The molecule has 0 fully saturated rings. The highest BCUT2D eigenvalue weighted by molar-refractivity contribution is 5.45. The molecule has 0 radical (unpaired) electrons. The van der Waals surface area contributed by atoms with Crippen LogP contribution in [0.4, 0.5) is 0 Å². The molecule has 4 heteroatoms. The van der Waals surface area contributed by atoms with Gasteiger partial charge in [0.2, 0.25) is 0 Å². The lowest BCUT2D eigenvalue weighted by atomic mass is 10.1. The normalized spacial score (nSPS) is 11.4. The van der Waals surface area contributed by atoms with Gasteiger partial charge in [-0.25, -0.2) is 0 Å². The number of benzene rings is 1. The molecule has 1 N–H and O–H groups in total. The standard InChI is InChI=1S/C16H22N2O2/c1-4-9-18-14(12-17)13-7-8-15(20-10-5-2)16(11-13)19-6-3/h4,7-8,11,14,18H,1,5-6,9-10H2,2-3H3. The van der Waals surface area contributed by atoms with E-state index in [4.69, 9.17) is 9.47 Å². The van der Waals surface area contributed by atoms with Crippen molar-refractivity contribution in [1.82, 2.24) is 5.32 Å². The molecule has 0 amide bonds. The van der Waals surface area contributed by atoms with Gasteiger partial charge in [-0.05, 0) is 31.0 Å². The molecule has 0 heterocycles. The molecule has 0 saturated heterocycles. The maximum absolute atomic E-state index is 9.22. The van der Waals surface area contributed by atoms with E-state index < -0.39 is 0 Å². The molecule has 0 aliphatic heterocycles. The molecule has 0 aromatic heterocycles. The molecular formula is C16H22N2O2. The molecule has 0 aliphatic rings. The molecule has 0 bridgehead atoms. The van der Waals surface area contributed by atoms with Crippen molar-refractivity contribution in [3.8, 4) is 17.6 Å². The van der Waals surface area contributed by atoms with Crippen molar-refractivity contribution in [2.24, 2.45) is 0 Å². The summed E-state index contributed by atoms with van der Waals surface area (Å²) in [5.41, 5.74) is 0.863. The average Bonchev–Trinajstić information content (AvgIpc) is 2.47. The maximum Gasteiger partial charge on any atom is 0.161 e. The first-order valence-corrected chi connectivity index (χ1v) is 6.90. The first kappa shape index (κ1) is 16.1. The lowest BCUT2D eigenvalue weighted by molar-refractivity contribution is 0.276. The van der Waals surface area contributed by atoms with Crippen molar-refractivity contribution in [2.75, 3.05) is 19.8 Å². The van der Waals surface area contributed by atoms with E-state index in [2.05, 4.69) is 24.9 Å². The van der Waals surface area contributed by atoms with E-state index in [-0.39, 0.29) is 6.04 Å². The zero-order valence-corrected chi connectivity index (χ0v) is 12.2. The molecule has 108 valence electrons. The third kappa shape index (κ3) is 4.60. The third-order valence-electron chi connectivity index (χ3n) is 2.66. The van der Waals surface area contributed by atoms with Crippen molar-refractivity contribution in [3.05, 3.63) is 36.4 Å². The summed E-state index contributed by atoms with van der Waals surface area (Å²) in [6.45, 7) is 9.41. The fraction of sp³-hybridized carbons (Fsp3) is 0.438. The summed E-state index contributed by atoms with van der Waals surface area (Å²) < 4.78 is 11.2. The van der Waals surface area contributed by atoms with Crippen molar-refractivity contribution in [3.63, 3.8) is 0 Å². The van der Waals surface area contributed by atoms with E-state index in [0.717, 1.165) is 17.7 Å². The Labute approximate surface area is 121 Å². The zero-order chi connectivity index (χ0) is 14.8. The Bertz CT molecular complexity index is 466. The van der Waals surface area contributed by atoms with Crippen LogP contribution in [0.3, 0.4) is 0 Å². The van der Waals surface area contributed by atoms with Crippen LogP contribution in [0.15, 0.2) is 30.9 Å². The Kier molecular flexibility index (Phi) is 7.23. The molecule has 0 spiro atoms. The molecule has 1 aromatic carbocycles. The van der Waals surface area contributed by atoms with Crippen LogP contribution >= 0.6 is 0 Å². The van der Waals surface area contributed by atoms with Gasteiger partial charge in [0, 0.05) is 6.54 Å². The molecule has 1 unspecified atom stereocenters. The smallest absolute Gasteiger partial charge is 0.161 e. The first-order chi connectivity index (χ1) is 9.76. The SMILES string of the molecule is C=CCNC(C#N)c1ccc(OCCC)c(OCC)c1. The van der Waals surface area contributed by atoms with Gasteiger partial charge in [-0.15, -0.1) is 6.58 Å². The lowest BCUT2D eigenvalue weighted by Gasteiger charge is -2.15. The number of ether oxygens (including phenoxy) is 2. The van der Waals surface area contributed by atoms with Crippen LogP contribution in [0.25, 0.3) is 0 Å². The Morgan fingerprint density at radius 1 is 1.35 bits per heavy atom. The van der Waals surface area contributed by atoms with Crippen LogP contribution < -0.4 is 14.8 Å². The van der Waals surface area contributed by atoms with Crippen LogP contribution in [-0.2, 0) is 0 Å². The second-order valence-corrected chi connectivity index (χ2v) is 4.25. The average molecular weight is 274 g/mol. The number of hydrogen-bond donors (Lipinski definition) is 1. The minimum Gasteiger partial charge on any atom is -0.490 e. The lowest BCUT2D eigenvalue weighted by Crippen LogP contribution is -2.19. The van der Waals surface area contributed by atoms with Crippen LogP contribution in [0.2, 0.25) is 0 Å². The summed E-state index contributed by atoms with van der Waals surface area (Å²) in [5, 5.41) is 12.3. The fourth-order valence-corrected chi connectivity index (χ4v) is 1.74. The molecule has 20 heavy (non-hydrogen) atoms. The van der Waals surface area contributed by atoms with Gasteiger partial charge in [0.05, 0.1) is 19.3 Å². The van der Waals surface area contributed by atoms with Crippen LogP contribution in [0.5, 0.6) is 11.5 Å². The highest BCUT2D eigenvalue weighted by Crippen LogP contribution is 2.30. The van der Waals surface area contributed by atoms with Crippen LogP contribution in [0.1, 0.15) is 31.9 Å². The van der Waals surface area contributed by atoms with Gasteiger partial charge in [0.1, 0.15) is 6.04 Å². The van der Waals surface area contributed by atoms with E-state index in [1.807, 2.05) is 25.1 Å². The number of hydrogen-bond acceptors (Lipinski definition) is 4. The van der Waals surface area contributed by atoms with E-state index in [1.54, 1.807) is 6.08 Å². The van der Waals surface area contributed by atoms with E-state index in [9.17, 15) is 5.26 Å². The Hall–Kier alpha value is -1.99. The van der Waals surface area contributed by atoms with E-state index in [1.165, 1.54) is 0 Å². The number of rotatable bonds is 9. The van der Waals surface area contributed by atoms with Gasteiger partial charge in [-0.1, -0.05) is 19.1 Å². The number of nitrogens with one attached hydrogen (secondary N) is 1. The quantitative estimate of drug-likeness (QED) is 0.702. The first-order valence-electron chi connectivity index (χ1n) is 6.90. The molecule has 1 atom stereocenters. The topological polar surface area (TPSA) is 54.3 Å². The molecule has 0 aliphatic carbocycles. The number of nitrogens with zero attached hydrogens (tertiary/aromatic N) is 1.